The van der Waals surface area contributed by atoms with Crippen molar-refractivity contribution >= 4 is 29.6 Å². The summed E-state index contributed by atoms with van der Waals surface area (Å²) < 4.78 is 1.58. The van der Waals surface area contributed by atoms with Crippen molar-refractivity contribution in [2.75, 3.05) is 6.54 Å². The average molecular weight is 317 g/mol. The van der Waals surface area contributed by atoms with Crippen LogP contribution in [0.4, 0.5) is 4.79 Å². The Labute approximate surface area is 148 Å². The van der Waals surface area contributed by atoms with Gasteiger partial charge in [-0.1, -0.05) is 6.92 Å². The Morgan fingerprint density at radius 2 is 2.13 bits per heavy atom. The van der Waals surface area contributed by atoms with Crippen molar-refractivity contribution < 1.29 is 14.7 Å². The van der Waals surface area contributed by atoms with Crippen LogP contribution in [0.3, 0.4) is 0 Å². The molecule has 0 saturated carbocycles. The molecule has 0 aromatic carbocycles. The fraction of sp³-hybridized carbons (Fsp3) is 0.688. The van der Waals surface area contributed by atoms with E-state index in [1.54, 1.807) is 17.8 Å². The third-order valence-electron chi connectivity index (χ3n) is 3.46. The molecule has 1 atom stereocenters. The van der Waals surface area contributed by atoms with E-state index < -0.39 is 6.09 Å². The summed E-state index contributed by atoms with van der Waals surface area (Å²) in [6.45, 7) is 6.34. The van der Waals surface area contributed by atoms with Gasteiger partial charge in [-0.15, -0.1) is 0 Å². The first-order valence-electron chi connectivity index (χ1n) is 8.32. The molecular formula is C16H28LiN3O3. The van der Waals surface area contributed by atoms with Gasteiger partial charge in [-0.3, -0.25) is 9.48 Å². The van der Waals surface area contributed by atoms with E-state index in [0.29, 0.717) is 25.1 Å². The van der Waals surface area contributed by atoms with Crippen molar-refractivity contribution in [2.45, 2.75) is 51.5 Å². The number of carbonyl (C=O) groups is 2. The van der Waals surface area contributed by atoms with Crippen LogP contribution in [0.25, 0.3) is 0 Å². The van der Waals surface area contributed by atoms with Gasteiger partial charge in [0.15, 0.2) is 5.78 Å². The minimum atomic E-state index is -1.03. The van der Waals surface area contributed by atoms with E-state index in [4.69, 9.17) is 5.11 Å². The van der Waals surface area contributed by atoms with Crippen molar-refractivity contribution in [3.8, 4) is 0 Å². The normalized spacial score (nSPS) is 11.4. The number of rotatable bonds is 8. The molecule has 0 spiro atoms. The second-order valence-corrected chi connectivity index (χ2v) is 5.90. The summed E-state index contributed by atoms with van der Waals surface area (Å²) >= 11 is 2.21. The van der Waals surface area contributed by atoms with Crippen LogP contribution >= 0.6 is 0 Å². The maximum atomic E-state index is 11.9. The summed E-state index contributed by atoms with van der Waals surface area (Å²) in [6, 6.07) is 1.77. The number of hydrogen-bond donors (Lipinski definition) is 2. The Hall–Kier alpha value is -1.25. The van der Waals surface area contributed by atoms with E-state index >= 15 is 0 Å². The zero-order valence-electron chi connectivity index (χ0n) is 15.1. The van der Waals surface area contributed by atoms with Crippen molar-refractivity contribution in [2.24, 2.45) is 13.0 Å². The van der Waals surface area contributed by atoms with Gasteiger partial charge in [0, 0.05) is 20.0 Å². The standard InChI is InChI=1S/C12H19N3O3.C4H9.Li/c1-8(7-13-12(17)18)4-5-11(16)10-6-9(2)14-15(10)3;1-3-4-2;/h6,8,13H,4-5,7H2,1-3H3,(H,17,18);1,3-4H2,2H3;/t8-;;/m0../s1. The van der Waals surface area contributed by atoms with Gasteiger partial charge in [0.25, 0.3) is 0 Å². The van der Waals surface area contributed by atoms with Gasteiger partial charge < -0.3 is 10.4 Å². The van der Waals surface area contributed by atoms with E-state index in [0.717, 1.165) is 5.69 Å². The first-order valence-corrected chi connectivity index (χ1v) is 8.32. The number of carboxylic acid groups (broad SMARTS) is 1. The fourth-order valence-corrected chi connectivity index (χ4v) is 2.09. The number of Topliss-reactive ketones (excluding diaryl/α,β-unsaturated/α-hetero) is 1. The Balaban J connectivity index is 0.000000841. The van der Waals surface area contributed by atoms with Gasteiger partial charge >= 0.3 is 48.7 Å². The molecule has 6 nitrogen and oxygen atoms in total. The molecule has 0 saturated heterocycles. The van der Waals surface area contributed by atoms with Gasteiger partial charge in [0.2, 0.25) is 0 Å². The van der Waals surface area contributed by atoms with E-state index in [2.05, 4.69) is 35.1 Å². The molecule has 126 valence electrons. The van der Waals surface area contributed by atoms with Crippen molar-refractivity contribution in [3.63, 3.8) is 0 Å². The Morgan fingerprint density at radius 1 is 1.48 bits per heavy atom. The molecule has 0 aliphatic heterocycles. The SMILES string of the molecule is Cc1cc(C(=O)CC[C@H](C)CNC(=O)O)n(C)n1.[Li][CH2]CCC. The first kappa shape index (κ1) is 21.7. The molecule has 1 rings (SSSR count). The Morgan fingerprint density at radius 3 is 2.52 bits per heavy atom. The van der Waals surface area contributed by atoms with Crippen LogP contribution < -0.4 is 5.32 Å². The van der Waals surface area contributed by atoms with Crippen LogP contribution in [0, 0.1) is 12.8 Å². The van der Waals surface area contributed by atoms with Crippen molar-refractivity contribution in [1.29, 1.82) is 0 Å². The van der Waals surface area contributed by atoms with Gasteiger partial charge in [-0.2, -0.15) is 5.10 Å². The molecule has 0 aliphatic rings. The first-order chi connectivity index (χ1) is 10.8. The zero-order valence-corrected chi connectivity index (χ0v) is 15.1. The van der Waals surface area contributed by atoms with Gasteiger partial charge in [0.1, 0.15) is 5.69 Å². The molecular weight excluding hydrogens is 289 g/mol. The Kier molecular flexibility index (Phi) is 11.5. The minimum absolute atomic E-state index is 0.0419. The molecule has 0 fully saturated rings. The number of nitrogens with one attached hydrogen (secondary N) is 1. The Bertz CT molecular complexity index is 487. The molecule has 0 bridgehead atoms. The summed E-state index contributed by atoms with van der Waals surface area (Å²) in [4.78, 5) is 22.2. The summed E-state index contributed by atoms with van der Waals surface area (Å²) in [6.07, 6.45) is 2.76. The molecule has 23 heavy (non-hydrogen) atoms. The second-order valence-electron chi connectivity index (χ2n) is 5.90. The molecule has 0 radical (unpaired) electrons. The summed E-state index contributed by atoms with van der Waals surface area (Å²) in [5.41, 5.74) is 1.42. The quantitative estimate of drug-likeness (QED) is 0.570. The summed E-state index contributed by atoms with van der Waals surface area (Å²) in [5.74, 6) is 0.180. The molecule has 1 heterocycles. The average Bonchev–Trinajstić information content (AvgIpc) is 2.83. The van der Waals surface area contributed by atoms with Crippen molar-refractivity contribution in [1.82, 2.24) is 15.1 Å². The molecule has 2 N–H and O–H groups in total. The van der Waals surface area contributed by atoms with Gasteiger partial charge in [-0.05, 0) is 25.3 Å². The third kappa shape index (κ3) is 10.2. The van der Waals surface area contributed by atoms with E-state index in [1.165, 1.54) is 17.9 Å². The number of aromatic nitrogens is 2. The molecule has 0 aliphatic carbocycles. The fourth-order valence-electron chi connectivity index (χ4n) is 2.09. The van der Waals surface area contributed by atoms with Crippen LogP contribution in [0.2, 0.25) is 5.09 Å². The van der Waals surface area contributed by atoms with E-state index in [1.807, 2.05) is 13.8 Å². The number of amides is 1. The van der Waals surface area contributed by atoms with E-state index in [9.17, 15) is 9.59 Å². The second kappa shape index (κ2) is 12.2. The molecule has 1 aromatic heterocycles. The summed E-state index contributed by atoms with van der Waals surface area (Å²) in [7, 11) is 1.75. The molecule has 1 amide bonds. The van der Waals surface area contributed by atoms with Gasteiger partial charge in [-0.25, -0.2) is 4.79 Å². The molecule has 1 aromatic rings. The predicted octanol–water partition coefficient (Wildman–Crippen LogP) is 2.97. The van der Waals surface area contributed by atoms with Crippen LogP contribution in [0.5, 0.6) is 0 Å². The molecule has 0 unspecified atom stereocenters. The number of nitrogens with zero attached hydrogens (tertiary/aromatic N) is 2. The van der Waals surface area contributed by atoms with E-state index in [-0.39, 0.29) is 11.7 Å². The van der Waals surface area contributed by atoms with Crippen LogP contribution in [-0.2, 0) is 7.05 Å². The number of unbranched alkanes of at least 4 members (excludes halogenated alkanes) is 1. The molecule has 7 heteroatoms. The summed E-state index contributed by atoms with van der Waals surface area (Å²) in [5, 5.41) is 16.2. The number of carbonyl (C=O) groups excluding carboxylic acids is 1. The van der Waals surface area contributed by atoms with Crippen LogP contribution in [0.1, 0.15) is 55.7 Å². The topological polar surface area (TPSA) is 84.2 Å². The van der Waals surface area contributed by atoms with Crippen LogP contribution in [0.15, 0.2) is 6.07 Å². The number of hydrogen-bond acceptors (Lipinski definition) is 3. The zero-order chi connectivity index (χ0) is 17.8. The third-order valence-corrected chi connectivity index (χ3v) is 3.46. The number of aryl methyl sites for hydroxylation is 2. The maximum absolute atomic E-state index is 11.9. The van der Waals surface area contributed by atoms with Gasteiger partial charge in [0.05, 0.1) is 5.69 Å². The monoisotopic (exact) mass is 317 g/mol. The van der Waals surface area contributed by atoms with Crippen molar-refractivity contribution in [3.05, 3.63) is 17.5 Å². The number of ketones is 1. The predicted molar refractivity (Wildman–Crippen MR) is 92.2 cm³/mol. The van der Waals surface area contributed by atoms with Crippen LogP contribution in [-0.4, -0.2) is 51.0 Å².